The summed E-state index contributed by atoms with van der Waals surface area (Å²) in [6.45, 7) is 4.82. The Hall–Kier alpha value is -0.970. The van der Waals surface area contributed by atoms with E-state index < -0.39 is 0 Å². The summed E-state index contributed by atoms with van der Waals surface area (Å²) in [6.07, 6.45) is 4.89. The molecular formula is C13H23N3O. The molecule has 0 aliphatic carbocycles. The summed E-state index contributed by atoms with van der Waals surface area (Å²) < 4.78 is 4.97. The SMILES string of the molecule is COCCNCCCN(C)Cc1cccnc1. The van der Waals surface area contributed by atoms with E-state index >= 15 is 0 Å². The summed E-state index contributed by atoms with van der Waals surface area (Å²) in [5.74, 6) is 0. The van der Waals surface area contributed by atoms with Gasteiger partial charge in [-0.05, 0) is 38.2 Å². The summed E-state index contributed by atoms with van der Waals surface area (Å²) in [5, 5.41) is 3.34. The summed E-state index contributed by atoms with van der Waals surface area (Å²) in [7, 11) is 3.87. The third kappa shape index (κ3) is 7.05. The predicted octanol–water partition coefficient (Wildman–Crippen LogP) is 1.14. The van der Waals surface area contributed by atoms with Crippen LogP contribution in [-0.4, -0.2) is 50.3 Å². The molecule has 0 saturated heterocycles. The van der Waals surface area contributed by atoms with Crippen LogP contribution in [0.4, 0.5) is 0 Å². The van der Waals surface area contributed by atoms with E-state index in [1.807, 2.05) is 18.5 Å². The normalized spacial score (nSPS) is 11.0. The van der Waals surface area contributed by atoms with Gasteiger partial charge in [0.2, 0.25) is 0 Å². The molecule has 0 aliphatic heterocycles. The number of methoxy groups -OCH3 is 1. The Morgan fingerprint density at radius 3 is 3.00 bits per heavy atom. The molecule has 4 nitrogen and oxygen atoms in total. The van der Waals surface area contributed by atoms with Crippen LogP contribution in [0.3, 0.4) is 0 Å². The van der Waals surface area contributed by atoms with Gasteiger partial charge in [0.15, 0.2) is 0 Å². The van der Waals surface area contributed by atoms with E-state index in [0.717, 1.165) is 39.2 Å². The Balaban J connectivity index is 2.03. The van der Waals surface area contributed by atoms with E-state index in [-0.39, 0.29) is 0 Å². The van der Waals surface area contributed by atoms with Gasteiger partial charge in [0.25, 0.3) is 0 Å². The van der Waals surface area contributed by atoms with Crippen LogP contribution in [0.5, 0.6) is 0 Å². The average molecular weight is 237 g/mol. The van der Waals surface area contributed by atoms with Crippen molar-refractivity contribution in [1.82, 2.24) is 15.2 Å². The van der Waals surface area contributed by atoms with Crippen molar-refractivity contribution < 1.29 is 4.74 Å². The van der Waals surface area contributed by atoms with Crippen LogP contribution in [0.25, 0.3) is 0 Å². The highest BCUT2D eigenvalue weighted by Gasteiger charge is 1.99. The predicted molar refractivity (Wildman–Crippen MR) is 69.9 cm³/mol. The quantitative estimate of drug-likeness (QED) is 0.654. The van der Waals surface area contributed by atoms with Crippen molar-refractivity contribution in [2.24, 2.45) is 0 Å². The Morgan fingerprint density at radius 1 is 1.41 bits per heavy atom. The standard InChI is InChI=1S/C13H23N3O/c1-16(9-4-7-14-8-10-17-2)12-13-5-3-6-15-11-13/h3,5-6,11,14H,4,7-10,12H2,1-2H3. The highest BCUT2D eigenvalue weighted by molar-refractivity contribution is 5.07. The van der Waals surface area contributed by atoms with Crippen molar-refractivity contribution in [3.8, 4) is 0 Å². The number of hydrogen-bond donors (Lipinski definition) is 1. The minimum Gasteiger partial charge on any atom is -0.383 e. The third-order valence-electron chi connectivity index (χ3n) is 2.55. The van der Waals surface area contributed by atoms with Crippen molar-refractivity contribution in [3.63, 3.8) is 0 Å². The van der Waals surface area contributed by atoms with E-state index in [9.17, 15) is 0 Å². The third-order valence-corrected chi connectivity index (χ3v) is 2.55. The van der Waals surface area contributed by atoms with Crippen LogP contribution in [-0.2, 0) is 11.3 Å². The molecule has 1 aromatic rings. The minimum absolute atomic E-state index is 0.783. The zero-order chi connectivity index (χ0) is 12.3. The molecular weight excluding hydrogens is 214 g/mol. The number of pyridine rings is 1. The summed E-state index contributed by atoms with van der Waals surface area (Å²) in [4.78, 5) is 6.43. The Morgan fingerprint density at radius 2 is 2.29 bits per heavy atom. The van der Waals surface area contributed by atoms with Crippen LogP contribution in [0.1, 0.15) is 12.0 Å². The van der Waals surface area contributed by atoms with Gasteiger partial charge in [-0.2, -0.15) is 0 Å². The number of nitrogens with zero attached hydrogens (tertiary/aromatic N) is 2. The van der Waals surface area contributed by atoms with Crippen LogP contribution in [0.15, 0.2) is 24.5 Å². The van der Waals surface area contributed by atoms with Crippen molar-refractivity contribution in [2.75, 3.05) is 40.4 Å². The van der Waals surface area contributed by atoms with Crippen molar-refractivity contribution in [2.45, 2.75) is 13.0 Å². The van der Waals surface area contributed by atoms with Gasteiger partial charge in [0, 0.05) is 32.6 Å². The van der Waals surface area contributed by atoms with Gasteiger partial charge in [-0.1, -0.05) is 6.07 Å². The van der Waals surface area contributed by atoms with E-state index in [4.69, 9.17) is 4.74 Å². The Labute approximate surface area is 104 Å². The number of rotatable bonds is 9. The summed E-state index contributed by atoms with van der Waals surface area (Å²) >= 11 is 0. The molecule has 96 valence electrons. The van der Waals surface area contributed by atoms with Gasteiger partial charge in [0.1, 0.15) is 0 Å². The molecule has 0 aliphatic rings. The molecule has 1 N–H and O–H groups in total. The maximum absolute atomic E-state index is 4.97. The zero-order valence-corrected chi connectivity index (χ0v) is 10.9. The molecule has 0 radical (unpaired) electrons. The van der Waals surface area contributed by atoms with Gasteiger partial charge in [-0.3, -0.25) is 4.98 Å². The van der Waals surface area contributed by atoms with E-state index in [2.05, 4.69) is 28.3 Å². The minimum atomic E-state index is 0.783. The molecule has 0 amide bonds. The van der Waals surface area contributed by atoms with Gasteiger partial charge >= 0.3 is 0 Å². The van der Waals surface area contributed by atoms with Crippen molar-refractivity contribution >= 4 is 0 Å². The number of hydrogen-bond acceptors (Lipinski definition) is 4. The average Bonchev–Trinajstić information content (AvgIpc) is 2.35. The van der Waals surface area contributed by atoms with Gasteiger partial charge in [-0.15, -0.1) is 0 Å². The number of aromatic nitrogens is 1. The molecule has 1 aromatic heterocycles. The summed E-state index contributed by atoms with van der Waals surface area (Å²) in [6, 6.07) is 4.09. The molecule has 0 spiro atoms. The second-order valence-corrected chi connectivity index (χ2v) is 4.20. The molecule has 0 saturated carbocycles. The first-order chi connectivity index (χ1) is 8.33. The molecule has 4 heteroatoms. The fourth-order valence-electron chi connectivity index (χ4n) is 1.66. The largest absolute Gasteiger partial charge is 0.383 e. The molecule has 1 rings (SSSR count). The van der Waals surface area contributed by atoms with Crippen molar-refractivity contribution in [3.05, 3.63) is 30.1 Å². The molecule has 0 unspecified atom stereocenters. The highest BCUT2D eigenvalue weighted by atomic mass is 16.5. The zero-order valence-electron chi connectivity index (χ0n) is 10.9. The fourth-order valence-corrected chi connectivity index (χ4v) is 1.66. The van der Waals surface area contributed by atoms with Crippen LogP contribution in [0.2, 0.25) is 0 Å². The van der Waals surface area contributed by atoms with Crippen LogP contribution >= 0.6 is 0 Å². The van der Waals surface area contributed by atoms with E-state index in [1.165, 1.54) is 5.56 Å². The Bertz CT molecular complexity index is 279. The second-order valence-electron chi connectivity index (χ2n) is 4.20. The monoisotopic (exact) mass is 237 g/mol. The molecule has 1 heterocycles. The molecule has 17 heavy (non-hydrogen) atoms. The lowest BCUT2D eigenvalue weighted by molar-refractivity contribution is 0.198. The second kappa shape index (κ2) is 9.10. The van der Waals surface area contributed by atoms with Gasteiger partial charge < -0.3 is 15.0 Å². The van der Waals surface area contributed by atoms with Crippen LogP contribution < -0.4 is 5.32 Å². The van der Waals surface area contributed by atoms with Crippen LogP contribution in [0, 0.1) is 0 Å². The van der Waals surface area contributed by atoms with E-state index in [1.54, 1.807) is 7.11 Å². The lowest BCUT2D eigenvalue weighted by Gasteiger charge is -2.16. The first-order valence-corrected chi connectivity index (χ1v) is 6.10. The first-order valence-electron chi connectivity index (χ1n) is 6.10. The first kappa shape index (κ1) is 14.1. The van der Waals surface area contributed by atoms with Gasteiger partial charge in [0.05, 0.1) is 6.61 Å². The molecule has 0 atom stereocenters. The number of ether oxygens (including phenoxy) is 1. The topological polar surface area (TPSA) is 37.4 Å². The smallest absolute Gasteiger partial charge is 0.0587 e. The number of nitrogens with one attached hydrogen (secondary N) is 1. The lowest BCUT2D eigenvalue weighted by Crippen LogP contribution is -2.25. The lowest BCUT2D eigenvalue weighted by atomic mass is 10.2. The molecule has 0 aromatic carbocycles. The molecule has 0 bridgehead atoms. The van der Waals surface area contributed by atoms with Crippen molar-refractivity contribution in [1.29, 1.82) is 0 Å². The van der Waals surface area contributed by atoms with Gasteiger partial charge in [-0.25, -0.2) is 0 Å². The summed E-state index contributed by atoms with van der Waals surface area (Å²) in [5.41, 5.74) is 1.27. The Kier molecular flexibility index (Phi) is 7.54. The van der Waals surface area contributed by atoms with E-state index in [0.29, 0.717) is 0 Å². The maximum Gasteiger partial charge on any atom is 0.0587 e. The molecule has 0 fully saturated rings. The fraction of sp³-hybridized carbons (Fsp3) is 0.615. The highest BCUT2D eigenvalue weighted by Crippen LogP contribution is 2.00. The maximum atomic E-state index is 4.97.